The average molecular weight is 399 g/mol. The van der Waals surface area contributed by atoms with E-state index >= 15 is 0 Å². The minimum atomic E-state index is -0.343. The Morgan fingerprint density at radius 3 is 2.93 bits per heavy atom. The molecule has 154 valence electrons. The van der Waals surface area contributed by atoms with Gasteiger partial charge in [-0.3, -0.25) is 14.7 Å². The maximum absolute atomic E-state index is 13.1. The SMILES string of the molecule is O=C1COc2ccccc2CCCCO[C@H]2CN(Cc3ccc(F)cn3)C[C@@H]2N1. The molecule has 29 heavy (non-hydrogen) atoms. The van der Waals surface area contributed by atoms with E-state index in [1.54, 1.807) is 6.07 Å². The maximum atomic E-state index is 13.1. The van der Waals surface area contributed by atoms with Gasteiger partial charge in [0.1, 0.15) is 11.6 Å². The minimum Gasteiger partial charge on any atom is -0.483 e. The molecule has 2 aromatic rings. The third kappa shape index (κ3) is 5.31. The number of para-hydroxylation sites is 1. The lowest BCUT2D eigenvalue weighted by Gasteiger charge is -2.20. The molecule has 0 saturated carbocycles. The molecular formula is C22H26FN3O3. The first-order chi connectivity index (χ1) is 14.2. The lowest BCUT2D eigenvalue weighted by atomic mass is 10.1. The molecule has 7 heteroatoms. The van der Waals surface area contributed by atoms with Crippen molar-refractivity contribution in [2.45, 2.75) is 38.0 Å². The average Bonchev–Trinajstić information content (AvgIpc) is 3.09. The molecule has 0 spiro atoms. The first-order valence-electron chi connectivity index (χ1n) is 10.1. The van der Waals surface area contributed by atoms with Gasteiger partial charge in [-0.1, -0.05) is 18.2 Å². The third-order valence-electron chi connectivity index (χ3n) is 5.37. The van der Waals surface area contributed by atoms with E-state index in [0.29, 0.717) is 26.2 Å². The number of pyridine rings is 1. The molecule has 1 aromatic heterocycles. The highest BCUT2D eigenvalue weighted by Crippen LogP contribution is 2.22. The van der Waals surface area contributed by atoms with Crippen LogP contribution in [0.25, 0.3) is 0 Å². The summed E-state index contributed by atoms with van der Waals surface area (Å²) in [6, 6.07) is 10.9. The van der Waals surface area contributed by atoms with Gasteiger partial charge in [-0.25, -0.2) is 4.39 Å². The second kappa shape index (κ2) is 9.33. The summed E-state index contributed by atoms with van der Waals surface area (Å²) in [5, 5.41) is 3.06. The van der Waals surface area contributed by atoms with Crippen LogP contribution in [-0.2, 0) is 22.5 Å². The largest absolute Gasteiger partial charge is 0.483 e. The number of ether oxygens (including phenoxy) is 2. The third-order valence-corrected chi connectivity index (χ3v) is 5.37. The number of nitrogens with zero attached hydrogens (tertiary/aromatic N) is 2. The van der Waals surface area contributed by atoms with Crippen molar-refractivity contribution in [1.82, 2.24) is 15.2 Å². The first-order valence-corrected chi connectivity index (χ1v) is 10.1. The quantitative estimate of drug-likeness (QED) is 0.840. The van der Waals surface area contributed by atoms with E-state index in [1.807, 2.05) is 24.3 Å². The summed E-state index contributed by atoms with van der Waals surface area (Å²) in [5.74, 6) is 0.277. The lowest BCUT2D eigenvalue weighted by Crippen LogP contribution is -2.45. The normalized spacial score (nSPS) is 23.6. The smallest absolute Gasteiger partial charge is 0.258 e. The molecule has 0 aliphatic carbocycles. The van der Waals surface area contributed by atoms with Gasteiger partial charge in [0.15, 0.2) is 6.61 Å². The summed E-state index contributed by atoms with van der Waals surface area (Å²) in [4.78, 5) is 18.8. The minimum absolute atomic E-state index is 0.0141. The number of benzene rings is 1. The maximum Gasteiger partial charge on any atom is 0.258 e. The van der Waals surface area contributed by atoms with Crippen LogP contribution in [0.15, 0.2) is 42.6 Å². The van der Waals surface area contributed by atoms with Gasteiger partial charge in [-0.2, -0.15) is 0 Å². The van der Waals surface area contributed by atoms with Gasteiger partial charge >= 0.3 is 0 Å². The highest BCUT2D eigenvalue weighted by Gasteiger charge is 2.34. The summed E-state index contributed by atoms with van der Waals surface area (Å²) in [5.41, 5.74) is 1.92. The van der Waals surface area contributed by atoms with Gasteiger partial charge in [-0.15, -0.1) is 0 Å². The summed E-state index contributed by atoms with van der Waals surface area (Å²) in [7, 11) is 0. The number of hydrogen-bond acceptors (Lipinski definition) is 5. The van der Waals surface area contributed by atoms with Crippen LogP contribution in [0.5, 0.6) is 5.75 Å². The highest BCUT2D eigenvalue weighted by atomic mass is 19.1. The van der Waals surface area contributed by atoms with Crippen molar-refractivity contribution in [2.75, 3.05) is 26.3 Å². The number of aryl methyl sites for hydroxylation is 1. The van der Waals surface area contributed by atoms with E-state index in [2.05, 4.69) is 15.2 Å². The van der Waals surface area contributed by atoms with Crippen LogP contribution < -0.4 is 10.1 Å². The van der Waals surface area contributed by atoms with Crippen LogP contribution in [0.4, 0.5) is 4.39 Å². The molecule has 2 aliphatic heterocycles. The Hall–Kier alpha value is -2.51. The van der Waals surface area contributed by atoms with Gasteiger partial charge in [0.25, 0.3) is 5.91 Å². The zero-order valence-electron chi connectivity index (χ0n) is 16.4. The Morgan fingerprint density at radius 1 is 1.17 bits per heavy atom. The van der Waals surface area contributed by atoms with Crippen LogP contribution in [0.2, 0.25) is 0 Å². The first kappa shape index (κ1) is 19.8. The Balaban J connectivity index is 1.41. The summed E-state index contributed by atoms with van der Waals surface area (Å²) in [6.45, 7) is 2.59. The fourth-order valence-electron chi connectivity index (χ4n) is 3.91. The number of rotatable bonds is 2. The molecule has 1 N–H and O–H groups in total. The van der Waals surface area contributed by atoms with Crippen LogP contribution >= 0.6 is 0 Å². The molecule has 0 bridgehead atoms. The van der Waals surface area contributed by atoms with Crippen molar-refractivity contribution in [2.24, 2.45) is 0 Å². The van der Waals surface area contributed by atoms with E-state index in [4.69, 9.17) is 9.47 Å². The predicted molar refractivity (Wildman–Crippen MR) is 106 cm³/mol. The van der Waals surface area contributed by atoms with Crippen molar-refractivity contribution in [3.05, 3.63) is 59.7 Å². The number of nitrogens with one attached hydrogen (secondary N) is 1. The van der Waals surface area contributed by atoms with Crippen LogP contribution in [-0.4, -0.2) is 54.2 Å². The van der Waals surface area contributed by atoms with Crippen molar-refractivity contribution in [3.8, 4) is 5.75 Å². The number of amides is 1. The predicted octanol–water partition coefficient (Wildman–Crippen LogP) is 2.32. The molecule has 1 amide bonds. The molecule has 0 unspecified atom stereocenters. The molecule has 1 aromatic carbocycles. The van der Waals surface area contributed by atoms with Crippen molar-refractivity contribution < 1.29 is 18.7 Å². The molecule has 1 fully saturated rings. The second-order valence-electron chi connectivity index (χ2n) is 7.60. The Bertz CT molecular complexity index is 830. The molecular weight excluding hydrogens is 373 g/mol. The van der Waals surface area contributed by atoms with Crippen LogP contribution in [0.3, 0.4) is 0 Å². The molecule has 4 rings (SSSR count). The van der Waals surface area contributed by atoms with E-state index in [1.165, 1.54) is 12.3 Å². The molecule has 0 radical (unpaired) electrons. The van der Waals surface area contributed by atoms with E-state index < -0.39 is 0 Å². The van der Waals surface area contributed by atoms with E-state index in [9.17, 15) is 9.18 Å². The Morgan fingerprint density at radius 2 is 2.07 bits per heavy atom. The van der Waals surface area contributed by atoms with Gasteiger partial charge < -0.3 is 14.8 Å². The standard InChI is InChI=1S/C22H26FN3O3/c23-17-8-9-18(24-11-17)12-26-13-19-21(14-26)28-10-4-3-6-16-5-1-2-7-20(16)29-15-22(27)25-19/h1-2,5,7-9,11,19,21H,3-4,6,10,12-15H2,(H,25,27)/t19-,21-/m0/s1. The van der Waals surface area contributed by atoms with E-state index in [0.717, 1.165) is 36.3 Å². The topological polar surface area (TPSA) is 63.7 Å². The Kier molecular flexibility index (Phi) is 6.36. The number of carbonyl (C=O) groups is 1. The molecule has 2 aliphatic rings. The fourth-order valence-corrected chi connectivity index (χ4v) is 3.91. The van der Waals surface area contributed by atoms with Crippen molar-refractivity contribution in [1.29, 1.82) is 0 Å². The van der Waals surface area contributed by atoms with E-state index in [-0.39, 0.29) is 30.5 Å². The highest BCUT2D eigenvalue weighted by molar-refractivity contribution is 5.78. The van der Waals surface area contributed by atoms with Gasteiger partial charge in [-0.05, 0) is 43.0 Å². The number of halogens is 1. The van der Waals surface area contributed by atoms with Gasteiger partial charge in [0.2, 0.25) is 0 Å². The van der Waals surface area contributed by atoms with Crippen molar-refractivity contribution >= 4 is 5.91 Å². The number of hydrogen-bond donors (Lipinski definition) is 1. The van der Waals surface area contributed by atoms with Crippen molar-refractivity contribution in [3.63, 3.8) is 0 Å². The monoisotopic (exact) mass is 399 g/mol. The fraction of sp³-hybridized carbons (Fsp3) is 0.455. The number of likely N-dealkylation sites (tertiary alicyclic amines) is 1. The van der Waals surface area contributed by atoms with Gasteiger partial charge in [0, 0.05) is 26.2 Å². The zero-order valence-corrected chi connectivity index (χ0v) is 16.4. The number of carbonyl (C=O) groups excluding carboxylic acids is 1. The number of aromatic nitrogens is 1. The second-order valence-corrected chi connectivity index (χ2v) is 7.60. The molecule has 6 nitrogen and oxygen atoms in total. The Labute approximate surface area is 170 Å². The van der Waals surface area contributed by atoms with Crippen LogP contribution in [0, 0.1) is 5.82 Å². The summed E-state index contributed by atoms with van der Waals surface area (Å²) < 4.78 is 25.0. The van der Waals surface area contributed by atoms with Gasteiger partial charge in [0.05, 0.1) is 24.0 Å². The lowest BCUT2D eigenvalue weighted by molar-refractivity contribution is -0.124. The van der Waals surface area contributed by atoms with Crippen LogP contribution in [0.1, 0.15) is 24.1 Å². The molecule has 1 saturated heterocycles. The zero-order chi connectivity index (χ0) is 20.1. The summed E-state index contributed by atoms with van der Waals surface area (Å²) in [6.07, 6.45) is 4.00. The molecule has 2 atom stereocenters. The molecule has 3 heterocycles. The number of fused-ring (bicyclic) bond motifs is 2. The summed E-state index contributed by atoms with van der Waals surface area (Å²) >= 11 is 0.